The minimum atomic E-state index is -0.507. The van der Waals surface area contributed by atoms with Gasteiger partial charge >= 0.3 is 5.97 Å². The highest BCUT2D eigenvalue weighted by atomic mass is 16.6. The molecule has 1 aliphatic rings. The molecular formula is C15H28N2O3. The van der Waals surface area contributed by atoms with Crippen molar-refractivity contribution in [1.82, 2.24) is 10.2 Å². The molecule has 0 aromatic rings. The minimum absolute atomic E-state index is 0.0695. The van der Waals surface area contributed by atoms with Crippen LogP contribution in [0.3, 0.4) is 0 Å². The van der Waals surface area contributed by atoms with E-state index in [1.165, 1.54) is 6.42 Å². The molecule has 2 unspecified atom stereocenters. The Kier molecular flexibility index (Phi) is 5.99. The first-order chi connectivity index (χ1) is 9.20. The summed E-state index contributed by atoms with van der Waals surface area (Å²) in [5.41, 5.74) is -0.507. The second-order valence-corrected chi connectivity index (χ2v) is 6.53. The van der Waals surface area contributed by atoms with Gasteiger partial charge in [-0.15, -0.1) is 0 Å². The van der Waals surface area contributed by atoms with Crippen molar-refractivity contribution in [3.05, 3.63) is 0 Å². The Bertz CT molecular complexity index is 344. The Morgan fingerprint density at radius 1 is 1.05 bits per heavy atom. The number of hydrogen-bond donors (Lipinski definition) is 1. The average molecular weight is 284 g/mol. The van der Waals surface area contributed by atoms with Gasteiger partial charge in [-0.05, 0) is 53.9 Å². The zero-order valence-corrected chi connectivity index (χ0v) is 13.4. The molecule has 0 aliphatic carbocycles. The predicted octanol–water partition coefficient (Wildman–Crippen LogP) is 1.71. The SMILES string of the molecule is CC(NC(C)C(=O)N1CCCCC1)C(=O)OC(C)(C)C. The molecule has 116 valence electrons. The fourth-order valence-corrected chi connectivity index (χ4v) is 2.29. The number of likely N-dealkylation sites (tertiary alicyclic amines) is 1. The zero-order chi connectivity index (χ0) is 15.3. The largest absolute Gasteiger partial charge is 0.459 e. The van der Waals surface area contributed by atoms with Crippen molar-refractivity contribution in [2.45, 2.75) is 71.6 Å². The number of hydrogen-bond acceptors (Lipinski definition) is 4. The fraction of sp³-hybridized carbons (Fsp3) is 0.867. The summed E-state index contributed by atoms with van der Waals surface area (Å²) in [5.74, 6) is -0.254. The van der Waals surface area contributed by atoms with E-state index in [9.17, 15) is 9.59 Å². The van der Waals surface area contributed by atoms with E-state index in [2.05, 4.69) is 5.32 Å². The minimum Gasteiger partial charge on any atom is -0.459 e. The van der Waals surface area contributed by atoms with Crippen LogP contribution in [0.4, 0.5) is 0 Å². The number of carbonyl (C=O) groups excluding carboxylic acids is 2. The highest BCUT2D eigenvalue weighted by Gasteiger charge is 2.27. The molecule has 1 heterocycles. The van der Waals surface area contributed by atoms with Crippen LogP contribution >= 0.6 is 0 Å². The van der Waals surface area contributed by atoms with Crippen molar-refractivity contribution in [2.75, 3.05) is 13.1 Å². The number of nitrogens with zero attached hydrogens (tertiary/aromatic N) is 1. The number of nitrogens with one attached hydrogen (secondary N) is 1. The molecule has 0 aromatic heterocycles. The number of carbonyl (C=O) groups is 2. The predicted molar refractivity (Wildman–Crippen MR) is 78.3 cm³/mol. The molecule has 5 heteroatoms. The number of ether oxygens (including phenoxy) is 1. The van der Waals surface area contributed by atoms with Gasteiger partial charge < -0.3 is 9.64 Å². The topological polar surface area (TPSA) is 58.6 Å². The number of piperidine rings is 1. The summed E-state index contributed by atoms with van der Waals surface area (Å²) in [4.78, 5) is 26.0. The van der Waals surface area contributed by atoms with Gasteiger partial charge in [-0.2, -0.15) is 0 Å². The first-order valence-corrected chi connectivity index (χ1v) is 7.48. The lowest BCUT2D eigenvalue weighted by molar-refractivity contribution is -0.157. The van der Waals surface area contributed by atoms with Gasteiger partial charge in [0.2, 0.25) is 5.91 Å². The van der Waals surface area contributed by atoms with Crippen molar-refractivity contribution in [1.29, 1.82) is 0 Å². The summed E-state index contributed by atoms with van der Waals surface area (Å²) in [6.07, 6.45) is 3.33. The lowest BCUT2D eigenvalue weighted by Crippen LogP contribution is -2.51. The first-order valence-electron chi connectivity index (χ1n) is 7.48. The molecule has 0 aromatic carbocycles. The zero-order valence-electron chi connectivity index (χ0n) is 13.4. The van der Waals surface area contributed by atoms with Crippen molar-refractivity contribution in [3.63, 3.8) is 0 Å². The molecule has 0 saturated carbocycles. The lowest BCUT2D eigenvalue weighted by Gasteiger charge is -2.30. The quantitative estimate of drug-likeness (QED) is 0.798. The van der Waals surface area contributed by atoms with Crippen molar-refractivity contribution in [2.24, 2.45) is 0 Å². The molecule has 1 fully saturated rings. The molecule has 1 saturated heterocycles. The molecule has 2 atom stereocenters. The molecule has 1 aliphatic heterocycles. The lowest BCUT2D eigenvalue weighted by atomic mass is 10.1. The normalized spacial score (nSPS) is 19.4. The molecule has 0 radical (unpaired) electrons. The van der Waals surface area contributed by atoms with E-state index < -0.39 is 11.6 Å². The van der Waals surface area contributed by atoms with Crippen molar-refractivity contribution < 1.29 is 14.3 Å². The van der Waals surface area contributed by atoms with Gasteiger partial charge in [0.1, 0.15) is 11.6 Å². The third-order valence-electron chi connectivity index (χ3n) is 3.30. The first kappa shape index (κ1) is 17.0. The maximum absolute atomic E-state index is 12.3. The second-order valence-electron chi connectivity index (χ2n) is 6.53. The van der Waals surface area contributed by atoms with Crippen LogP contribution in [0, 0.1) is 0 Å². The van der Waals surface area contributed by atoms with Crippen LogP contribution in [0.1, 0.15) is 53.9 Å². The van der Waals surface area contributed by atoms with Crippen LogP contribution in [0.2, 0.25) is 0 Å². The van der Waals surface area contributed by atoms with E-state index in [0.29, 0.717) is 0 Å². The molecule has 1 N–H and O–H groups in total. The third kappa shape index (κ3) is 5.49. The summed E-state index contributed by atoms with van der Waals surface area (Å²) in [6.45, 7) is 10.7. The van der Waals surface area contributed by atoms with E-state index in [-0.39, 0.29) is 17.9 Å². The average Bonchev–Trinajstić information content (AvgIpc) is 2.36. The molecule has 1 rings (SSSR count). The van der Waals surface area contributed by atoms with E-state index in [1.54, 1.807) is 13.8 Å². The Morgan fingerprint density at radius 3 is 2.10 bits per heavy atom. The van der Waals surface area contributed by atoms with Gasteiger partial charge in [-0.3, -0.25) is 14.9 Å². The van der Waals surface area contributed by atoms with Crippen molar-refractivity contribution in [3.8, 4) is 0 Å². The van der Waals surface area contributed by atoms with Gasteiger partial charge in [0, 0.05) is 13.1 Å². The van der Waals surface area contributed by atoms with Gasteiger partial charge in [0.05, 0.1) is 6.04 Å². The van der Waals surface area contributed by atoms with Crippen LogP contribution in [0.25, 0.3) is 0 Å². The molecule has 20 heavy (non-hydrogen) atoms. The standard InChI is InChI=1S/C15H28N2O3/c1-11(13(18)17-9-7-6-8-10-17)16-12(2)14(19)20-15(3,4)5/h11-12,16H,6-10H2,1-5H3. The number of rotatable bonds is 4. The van der Waals surface area contributed by atoms with E-state index >= 15 is 0 Å². The van der Waals surface area contributed by atoms with E-state index in [0.717, 1.165) is 25.9 Å². The van der Waals surface area contributed by atoms with Gasteiger partial charge in [-0.1, -0.05) is 0 Å². The van der Waals surface area contributed by atoms with E-state index in [1.807, 2.05) is 25.7 Å². The molecular weight excluding hydrogens is 256 g/mol. The Morgan fingerprint density at radius 2 is 1.60 bits per heavy atom. The molecule has 1 amide bonds. The summed E-state index contributed by atoms with van der Waals surface area (Å²) in [7, 11) is 0. The Balaban J connectivity index is 2.45. The van der Waals surface area contributed by atoms with Crippen LogP contribution in [0.5, 0.6) is 0 Å². The van der Waals surface area contributed by atoms with Crippen molar-refractivity contribution >= 4 is 11.9 Å². The van der Waals surface area contributed by atoms with Crippen LogP contribution in [-0.4, -0.2) is 47.6 Å². The molecule has 0 bridgehead atoms. The molecule has 0 spiro atoms. The van der Waals surface area contributed by atoms with E-state index in [4.69, 9.17) is 4.74 Å². The highest BCUT2D eigenvalue weighted by molar-refractivity contribution is 5.83. The van der Waals surface area contributed by atoms with Gasteiger partial charge in [-0.25, -0.2) is 0 Å². The summed E-state index contributed by atoms with van der Waals surface area (Å²) in [5, 5.41) is 3.03. The maximum atomic E-state index is 12.3. The fourth-order valence-electron chi connectivity index (χ4n) is 2.29. The number of esters is 1. The highest BCUT2D eigenvalue weighted by Crippen LogP contribution is 2.11. The van der Waals surface area contributed by atoms with Crippen LogP contribution in [-0.2, 0) is 14.3 Å². The summed E-state index contributed by atoms with van der Waals surface area (Å²) < 4.78 is 5.30. The van der Waals surface area contributed by atoms with Gasteiger partial charge in [0.15, 0.2) is 0 Å². The number of amides is 1. The Labute approximate surface area is 122 Å². The van der Waals surface area contributed by atoms with Crippen LogP contribution in [0.15, 0.2) is 0 Å². The Hall–Kier alpha value is -1.10. The maximum Gasteiger partial charge on any atom is 0.323 e. The van der Waals surface area contributed by atoms with Gasteiger partial charge in [0.25, 0.3) is 0 Å². The summed E-state index contributed by atoms with van der Waals surface area (Å²) in [6, 6.07) is -0.853. The smallest absolute Gasteiger partial charge is 0.323 e. The molecule has 5 nitrogen and oxygen atoms in total. The third-order valence-corrected chi connectivity index (χ3v) is 3.30. The summed E-state index contributed by atoms with van der Waals surface area (Å²) >= 11 is 0. The monoisotopic (exact) mass is 284 g/mol. The second kappa shape index (κ2) is 7.07. The van der Waals surface area contributed by atoms with Crippen LogP contribution < -0.4 is 5.32 Å².